The Morgan fingerprint density at radius 2 is 1.90 bits per heavy atom. The van der Waals surface area contributed by atoms with E-state index in [1.54, 1.807) is 7.11 Å². The average molecular weight is 288 g/mol. The van der Waals surface area contributed by atoms with Crippen molar-refractivity contribution < 1.29 is 9.47 Å². The van der Waals surface area contributed by atoms with Gasteiger partial charge in [-0.25, -0.2) is 0 Å². The van der Waals surface area contributed by atoms with Crippen LogP contribution >= 0.6 is 0 Å². The van der Waals surface area contributed by atoms with Crippen molar-refractivity contribution in [2.75, 3.05) is 20.3 Å². The van der Waals surface area contributed by atoms with E-state index in [9.17, 15) is 0 Å². The highest BCUT2D eigenvalue weighted by molar-refractivity contribution is 5.39. The summed E-state index contributed by atoms with van der Waals surface area (Å²) in [5.74, 6) is 1.56. The molecule has 114 valence electrons. The van der Waals surface area contributed by atoms with Crippen molar-refractivity contribution in [3.8, 4) is 11.5 Å². The third-order valence-electron chi connectivity index (χ3n) is 3.32. The quantitative estimate of drug-likeness (QED) is 0.720. The van der Waals surface area contributed by atoms with Gasteiger partial charge in [-0.1, -0.05) is 19.1 Å². The first-order valence-electron chi connectivity index (χ1n) is 7.45. The summed E-state index contributed by atoms with van der Waals surface area (Å²) in [6, 6.07) is 11.9. The summed E-state index contributed by atoms with van der Waals surface area (Å²) in [6.45, 7) is 5.57. The monoisotopic (exact) mass is 288 g/mol. The summed E-state index contributed by atoms with van der Waals surface area (Å²) in [6.07, 6.45) is 3.24. The minimum Gasteiger partial charge on any atom is -0.493 e. The van der Waals surface area contributed by atoms with Crippen LogP contribution in [0.2, 0.25) is 0 Å². The standard InChI is InChI=1S/C17H24N2O2/c1-3-10-18-14-15-7-6-11-19(15)12-13-21-17-9-5-4-8-16(17)20-2/h4-9,11,18H,3,10,12-14H2,1-2H3. The molecular formula is C17H24N2O2. The first-order valence-corrected chi connectivity index (χ1v) is 7.45. The molecule has 1 aromatic carbocycles. The molecule has 0 atom stereocenters. The van der Waals surface area contributed by atoms with Crippen molar-refractivity contribution in [1.82, 2.24) is 9.88 Å². The van der Waals surface area contributed by atoms with Gasteiger partial charge in [-0.05, 0) is 37.2 Å². The molecule has 0 unspecified atom stereocenters. The number of benzene rings is 1. The van der Waals surface area contributed by atoms with Gasteiger partial charge in [-0.2, -0.15) is 0 Å². The van der Waals surface area contributed by atoms with E-state index < -0.39 is 0 Å². The van der Waals surface area contributed by atoms with E-state index in [4.69, 9.17) is 9.47 Å². The van der Waals surface area contributed by atoms with Crippen molar-refractivity contribution in [3.63, 3.8) is 0 Å². The summed E-state index contributed by atoms with van der Waals surface area (Å²) < 4.78 is 13.3. The van der Waals surface area contributed by atoms with Crippen LogP contribution in [0.1, 0.15) is 19.0 Å². The van der Waals surface area contributed by atoms with Gasteiger partial charge in [-0.3, -0.25) is 0 Å². The molecule has 4 heteroatoms. The smallest absolute Gasteiger partial charge is 0.161 e. The van der Waals surface area contributed by atoms with Crippen molar-refractivity contribution in [1.29, 1.82) is 0 Å². The Morgan fingerprint density at radius 3 is 2.67 bits per heavy atom. The van der Waals surface area contributed by atoms with Crippen LogP contribution in [-0.4, -0.2) is 24.8 Å². The summed E-state index contributed by atoms with van der Waals surface area (Å²) in [5, 5.41) is 3.42. The molecule has 2 rings (SSSR count). The number of para-hydroxylation sites is 2. The largest absolute Gasteiger partial charge is 0.493 e. The summed E-state index contributed by atoms with van der Waals surface area (Å²) >= 11 is 0. The Hall–Kier alpha value is -1.94. The molecule has 21 heavy (non-hydrogen) atoms. The van der Waals surface area contributed by atoms with Crippen LogP contribution in [0.25, 0.3) is 0 Å². The summed E-state index contributed by atoms with van der Waals surface area (Å²) in [5.41, 5.74) is 1.28. The topological polar surface area (TPSA) is 35.4 Å². The Labute approximate surface area is 126 Å². The van der Waals surface area contributed by atoms with Gasteiger partial charge in [0.25, 0.3) is 0 Å². The van der Waals surface area contributed by atoms with Gasteiger partial charge in [0.15, 0.2) is 11.5 Å². The van der Waals surface area contributed by atoms with Crippen LogP contribution in [0, 0.1) is 0 Å². The molecule has 1 aromatic heterocycles. The predicted molar refractivity (Wildman–Crippen MR) is 84.9 cm³/mol. The second-order valence-corrected chi connectivity index (χ2v) is 4.87. The number of nitrogens with zero attached hydrogens (tertiary/aromatic N) is 1. The number of aromatic nitrogens is 1. The van der Waals surface area contributed by atoms with Crippen LogP contribution in [-0.2, 0) is 13.1 Å². The number of rotatable bonds is 9. The average Bonchev–Trinajstić information content (AvgIpc) is 2.96. The molecule has 0 saturated heterocycles. The molecule has 2 aromatic rings. The minimum absolute atomic E-state index is 0.621. The lowest BCUT2D eigenvalue weighted by Gasteiger charge is -2.13. The van der Waals surface area contributed by atoms with Gasteiger partial charge in [-0.15, -0.1) is 0 Å². The Morgan fingerprint density at radius 1 is 1.10 bits per heavy atom. The van der Waals surface area contributed by atoms with Crippen LogP contribution in [0.3, 0.4) is 0 Å². The van der Waals surface area contributed by atoms with Crippen molar-refractivity contribution in [3.05, 3.63) is 48.3 Å². The van der Waals surface area contributed by atoms with E-state index in [1.165, 1.54) is 5.69 Å². The van der Waals surface area contributed by atoms with Crippen LogP contribution in [0.4, 0.5) is 0 Å². The number of methoxy groups -OCH3 is 1. The maximum Gasteiger partial charge on any atom is 0.161 e. The van der Waals surface area contributed by atoms with Crippen LogP contribution in [0.5, 0.6) is 11.5 Å². The van der Waals surface area contributed by atoms with Crippen molar-refractivity contribution >= 4 is 0 Å². The molecule has 0 radical (unpaired) electrons. The zero-order valence-electron chi connectivity index (χ0n) is 12.8. The molecule has 0 bridgehead atoms. The third-order valence-corrected chi connectivity index (χ3v) is 3.32. The fraction of sp³-hybridized carbons (Fsp3) is 0.412. The maximum atomic E-state index is 5.82. The van der Waals surface area contributed by atoms with E-state index in [2.05, 4.69) is 35.1 Å². The van der Waals surface area contributed by atoms with Gasteiger partial charge in [0.2, 0.25) is 0 Å². The molecule has 1 heterocycles. The van der Waals surface area contributed by atoms with E-state index in [0.29, 0.717) is 6.61 Å². The normalized spacial score (nSPS) is 10.6. The molecule has 0 aliphatic rings. The predicted octanol–water partition coefficient (Wildman–Crippen LogP) is 3.08. The lowest BCUT2D eigenvalue weighted by Crippen LogP contribution is -2.18. The first-order chi connectivity index (χ1) is 10.3. The van der Waals surface area contributed by atoms with E-state index in [0.717, 1.165) is 37.6 Å². The van der Waals surface area contributed by atoms with Crippen molar-refractivity contribution in [2.45, 2.75) is 26.4 Å². The second-order valence-electron chi connectivity index (χ2n) is 4.87. The SMILES string of the molecule is CCCNCc1cccn1CCOc1ccccc1OC. The Balaban J connectivity index is 1.84. The van der Waals surface area contributed by atoms with Gasteiger partial charge in [0, 0.05) is 18.4 Å². The fourth-order valence-electron chi connectivity index (χ4n) is 2.21. The van der Waals surface area contributed by atoms with Crippen LogP contribution in [0.15, 0.2) is 42.6 Å². The maximum absolute atomic E-state index is 5.82. The lowest BCUT2D eigenvalue weighted by molar-refractivity contribution is 0.278. The number of nitrogens with one attached hydrogen (secondary N) is 1. The molecular weight excluding hydrogens is 264 g/mol. The van der Waals surface area contributed by atoms with E-state index in [-0.39, 0.29) is 0 Å². The van der Waals surface area contributed by atoms with Crippen LogP contribution < -0.4 is 14.8 Å². The van der Waals surface area contributed by atoms with Gasteiger partial charge < -0.3 is 19.4 Å². The fourth-order valence-corrected chi connectivity index (χ4v) is 2.21. The van der Waals surface area contributed by atoms with Gasteiger partial charge >= 0.3 is 0 Å². The van der Waals surface area contributed by atoms with E-state index >= 15 is 0 Å². The summed E-state index contributed by atoms with van der Waals surface area (Å²) in [7, 11) is 1.66. The second kappa shape index (κ2) is 8.37. The highest BCUT2D eigenvalue weighted by Crippen LogP contribution is 2.25. The Bertz CT molecular complexity index is 537. The van der Waals surface area contributed by atoms with Crippen molar-refractivity contribution in [2.24, 2.45) is 0 Å². The van der Waals surface area contributed by atoms with Gasteiger partial charge in [0.05, 0.1) is 13.7 Å². The molecule has 0 spiro atoms. The zero-order valence-corrected chi connectivity index (χ0v) is 12.8. The highest BCUT2D eigenvalue weighted by Gasteiger charge is 2.04. The number of hydrogen-bond donors (Lipinski definition) is 1. The van der Waals surface area contributed by atoms with Gasteiger partial charge in [0.1, 0.15) is 6.61 Å². The van der Waals surface area contributed by atoms with E-state index in [1.807, 2.05) is 24.3 Å². The zero-order chi connectivity index (χ0) is 14.9. The molecule has 0 fully saturated rings. The highest BCUT2D eigenvalue weighted by atomic mass is 16.5. The molecule has 0 aliphatic carbocycles. The molecule has 4 nitrogen and oxygen atoms in total. The molecule has 1 N–H and O–H groups in total. The lowest BCUT2D eigenvalue weighted by atomic mass is 10.3. The third kappa shape index (κ3) is 4.53. The molecule has 0 saturated carbocycles. The number of hydrogen-bond acceptors (Lipinski definition) is 3. The first kappa shape index (κ1) is 15.4. The molecule has 0 amide bonds. The number of ether oxygens (including phenoxy) is 2. The molecule has 0 aliphatic heterocycles. The summed E-state index contributed by atoms with van der Waals surface area (Å²) in [4.78, 5) is 0. The minimum atomic E-state index is 0.621. The Kier molecular flexibility index (Phi) is 6.16.